The maximum Gasteiger partial charge on any atom is 0.130 e. The third-order valence-electron chi connectivity index (χ3n) is 4.01. The molecule has 0 spiro atoms. The molecule has 1 unspecified atom stereocenters. The summed E-state index contributed by atoms with van der Waals surface area (Å²) in [5, 5.41) is 0.696. The Hall–Kier alpha value is -0.840. The van der Waals surface area contributed by atoms with E-state index in [1.54, 1.807) is 0 Å². The normalized spacial score (nSPS) is 22.8. The van der Waals surface area contributed by atoms with Gasteiger partial charge in [-0.25, -0.2) is 0 Å². The molecule has 1 atom stereocenters. The van der Waals surface area contributed by atoms with Crippen LogP contribution in [0.15, 0.2) is 18.2 Å². The Morgan fingerprint density at radius 3 is 2.90 bits per heavy atom. The minimum absolute atomic E-state index is 0.181. The van der Waals surface area contributed by atoms with Crippen molar-refractivity contribution in [3.63, 3.8) is 0 Å². The molecule has 0 saturated carbocycles. The van der Waals surface area contributed by atoms with Gasteiger partial charge in [0.1, 0.15) is 16.8 Å². The predicted octanol–water partition coefficient (Wildman–Crippen LogP) is 2.80. The Bertz CT molecular complexity index is 519. The highest BCUT2D eigenvalue weighted by Crippen LogP contribution is 2.29. The maximum atomic E-state index is 6.16. The van der Waals surface area contributed by atoms with Gasteiger partial charge in [0, 0.05) is 18.6 Å². The highest BCUT2D eigenvalue weighted by atomic mass is 35.5. The Labute approximate surface area is 130 Å². The van der Waals surface area contributed by atoms with Crippen molar-refractivity contribution in [2.24, 2.45) is 0 Å². The first-order valence-electron chi connectivity index (χ1n) is 7.07. The summed E-state index contributed by atoms with van der Waals surface area (Å²) in [6.07, 6.45) is 2.55. The molecule has 0 aliphatic carbocycles. The third kappa shape index (κ3) is 2.92. The van der Waals surface area contributed by atoms with Crippen LogP contribution in [0.25, 0.3) is 0 Å². The van der Waals surface area contributed by atoms with E-state index in [9.17, 15) is 0 Å². The largest absolute Gasteiger partial charge is 0.488 e. The van der Waals surface area contributed by atoms with Gasteiger partial charge in [-0.1, -0.05) is 23.8 Å². The molecule has 108 valence electrons. The molecule has 5 heteroatoms. The average molecular weight is 311 g/mol. The van der Waals surface area contributed by atoms with E-state index in [0.29, 0.717) is 5.02 Å². The summed E-state index contributed by atoms with van der Waals surface area (Å²) < 4.78 is 6.16. The SMILES string of the molecule is CN1CC(CCN2CCC2)Oc2ccc(Cl)cc2C1=S. The molecule has 2 aliphatic heterocycles. The Morgan fingerprint density at radius 2 is 2.20 bits per heavy atom. The van der Waals surface area contributed by atoms with Crippen molar-refractivity contribution in [3.05, 3.63) is 28.8 Å². The summed E-state index contributed by atoms with van der Waals surface area (Å²) in [6.45, 7) is 4.40. The molecule has 0 bridgehead atoms. The van der Waals surface area contributed by atoms with Crippen LogP contribution >= 0.6 is 23.8 Å². The number of fused-ring (bicyclic) bond motifs is 1. The quantitative estimate of drug-likeness (QED) is 0.797. The minimum Gasteiger partial charge on any atom is -0.488 e. The molecule has 1 fully saturated rings. The number of nitrogens with zero attached hydrogens (tertiary/aromatic N) is 2. The van der Waals surface area contributed by atoms with E-state index in [1.807, 2.05) is 25.2 Å². The van der Waals surface area contributed by atoms with Gasteiger partial charge >= 0.3 is 0 Å². The molecule has 0 aromatic heterocycles. The molecule has 3 rings (SSSR count). The lowest BCUT2D eigenvalue weighted by atomic mass is 10.1. The van der Waals surface area contributed by atoms with Crippen LogP contribution in [0.1, 0.15) is 18.4 Å². The summed E-state index contributed by atoms with van der Waals surface area (Å²) in [4.78, 5) is 5.38. The number of likely N-dealkylation sites (tertiary alicyclic amines) is 1. The van der Waals surface area contributed by atoms with E-state index in [1.165, 1.54) is 19.5 Å². The second-order valence-corrected chi connectivity index (χ2v) is 6.37. The van der Waals surface area contributed by atoms with E-state index in [-0.39, 0.29) is 6.10 Å². The van der Waals surface area contributed by atoms with Crippen molar-refractivity contribution in [3.8, 4) is 5.75 Å². The Kier molecular flexibility index (Phi) is 4.15. The number of thiocarbonyl (C=S) groups is 1. The monoisotopic (exact) mass is 310 g/mol. The van der Waals surface area contributed by atoms with Gasteiger partial charge in [0.25, 0.3) is 0 Å². The Balaban J connectivity index is 1.75. The third-order valence-corrected chi connectivity index (χ3v) is 4.77. The van der Waals surface area contributed by atoms with Crippen molar-refractivity contribution in [2.75, 3.05) is 33.2 Å². The molecule has 0 amide bonds. The fourth-order valence-electron chi connectivity index (χ4n) is 2.67. The van der Waals surface area contributed by atoms with Gasteiger partial charge in [0.2, 0.25) is 0 Å². The van der Waals surface area contributed by atoms with Gasteiger partial charge in [-0.05, 0) is 44.1 Å². The highest BCUT2D eigenvalue weighted by molar-refractivity contribution is 7.80. The summed E-state index contributed by atoms with van der Waals surface area (Å²) in [5.41, 5.74) is 0.932. The number of likely N-dealkylation sites (N-methyl/N-ethyl adjacent to an activating group) is 1. The van der Waals surface area contributed by atoms with Crippen molar-refractivity contribution in [2.45, 2.75) is 18.9 Å². The summed E-state index contributed by atoms with van der Waals surface area (Å²) in [7, 11) is 2.03. The first-order chi connectivity index (χ1) is 9.63. The van der Waals surface area contributed by atoms with Gasteiger partial charge in [-0.2, -0.15) is 0 Å². The highest BCUT2D eigenvalue weighted by Gasteiger charge is 2.25. The zero-order chi connectivity index (χ0) is 14.1. The lowest BCUT2D eigenvalue weighted by Crippen LogP contribution is -2.41. The predicted molar refractivity (Wildman–Crippen MR) is 85.9 cm³/mol. The van der Waals surface area contributed by atoms with Gasteiger partial charge in [-0.3, -0.25) is 0 Å². The molecule has 0 radical (unpaired) electrons. The molecule has 0 N–H and O–H groups in total. The lowest BCUT2D eigenvalue weighted by molar-refractivity contribution is 0.122. The number of halogens is 1. The summed E-state index contributed by atoms with van der Waals surface area (Å²) in [6, 6.07) is 5.69. The summed E-state index contributed by atoms with van der Waals surface area (Å²) >= 11 is 11.6. The lowest BCUT2D eigenvalue weighted by Gasteiger charge is -2.32. The fourth-order valence-corrected chi connectivity index (χ4v) is 3.07. The smallest absolute Gasteiger partial charge is 0.130 e. The number of ether oxygens (including phenoxy) is 1. The van der Waals surface area contributed by atoms with E-state index < -0.39 is 0 Å². The number of hydrogen-bond acceptors (Lipinski definition) is 3. The van der Waals surface area contributed by atoms with Gasteiger partial charge < -0.3 is 14.5 Å². The number of rotatable bonds is 3. The molecule has 1 saturated heterocycles. The van der Waals surface area contributed by atoms with E-state index in [0.717, 1.165) is 35.8 Å². The van der Waals surface area contributed by atoms with E-state index in [4.69, 9.17) is 28.6 Å². The average Bonchev–Trinajstić information content (AvgIpc) is 2.47. The van der Waals surface area contributed by atoms with Crippen LogP contribution in [-0.2, 0) is 0 Å². The Morgan fingerprint density at radius 1 is 1.40 bits per heavy atom. The number of hydrogen-bond donors (Lipinski definition) is 0. The van der Waals surface area contributed by atoms with Crippen LogP contribution in [0.3, 0.4) is 0 Å². The molecule has 2 aliphatic rings. The summed E-state index contributed by atoms with van der Waals surface area (Å²) in [5.74, 6) is 0.859. The fraction of sp³-hybridized carbons (Fsp3) is 0.533. The topological polar surface area (TPSA) is 15.7 Å². The first kappa shape index (κ1) is 14.1. The van der Waals surface area contributed by atoms with Crippen LogP contribution in [-0.4, -0.2) is 54.1 Å². The van der Waals surface area contributed by atoms with Gasteiger partial charge in [0.15, 0.2) is 0 Å². The maximum absolute atomic E-state index is 6.16. The van der Waals surface area contributed by atoms with Crippen molar-refractivity contribution in [1.29, 1.82) is 0 Å². The molecular weight excluding hydrogens is 292 g/mol. The molecule has 20 heavy (non-hydrogen) atoms. The van der Waals surface area contributed by atoms with Crippen molar-refractivity contribution < 1.29 is 4.74 Å². The van der Waals surface area contributed by atoms with Crippen LogP contribution in [0.4, 0.5) is 0 Å². The zero-order valence-electron chi connectivity index (χ0n) is 11.6. The van der Waals surface area contributed by atoms with Crippen molar-refractivity contribution in [1.82, 2.24) is 9.80 Å². The van der Waals surface area contributed by atoms with E-state index in [2.05, 4.69) is 9.80 Å². The van der Waals surface area contributed by atoms with Gasteiger partial charge in [-0.15, -0.1) is 0 Å². The zero-order valence-corrected chi connectivity index (χ0v) is 13.2. The minimum atomic E-state index is 0.181. The van der Waals surface area contributed by atoms with Crippen LogP contribution in [0.5, 0.6) is 5.75 Å². The van der Waals surface area contributed by atoms with Crippen molar-refractivity contribution >= 4 is 28.8 Å². The molecular formula is C15H19ClN2OS. The van der Waals surface area contributed by atoms with Crippen LogP contribution in [0.2, 0.25) is 5.02 Å². The second kappa shape index (κ2) is 5.88. The molecule has 2 heterocycles. The molecule has 3 nitrogen and oxygen atoms in total. The van der Waals surface area contributed by atoms with Crippen LogP contribution in [0, 0.1) is 0 Å². The standard InChI is InChI=1S/C15H19ClN2OS/c1-17-10-12(5-8-18-6-2-7-18)19-14-4-3-11(16)9-13(14)15(17)20/h3-4,9,12H,2,5-8,10H2,1H3. The van der Waals surface area contributed by atoms with Gasteiger partial charge in [0.05, 0.1) is 12.1 Å². The second-order valence-electron chi connectivity index (χ2n) is 5.55. The first-order valence-corrected chi connectivity index (χ1v) is 7.86. The van der Waals surface area contributed by atoms with Crippen LogP contribution < -0.4 is 4.74 Å². The van der Waals surface area contributed by atoms with E-state index >= 15 is 0 Å². The number of benzene rings is 1. The molecule has 1 aromatic carbocycles. The molecule has 1 aromatic rings.